The monoisotopic (exact) mass is 292 g/mol. The van der Waals surface area contributed by atoms with Crippen molar-refractivity contribution >= 4 is 23.6 Å². The van der Waals surface area contributed by atoms with E-state index in [0.29, 0.717) is 0 Å². The number of carbonyl (C=O) groups excluding carboxylic acids is 4. The Morgan fingerprint density at radius 1 is 0.857 bits per heavy atom. The van der Waals surface area contributed by atoms with Crippen LogP contribution in [0.4, 0.5) is 0 Å². The van der Waals surface area contributed by atoms with Gasteiger partial charge in [0.1, 0.15) is 0 Å². The average molecular weight is 292 g/mol. The van der Waals surface area contributed by atoms with Crippen molar-refractivity contribution in [3.63, 3.8) is 0 Å². The van der Waals surface area contributed by atoms with E-state index in [4.69, 9.17) is 27.7 Å². The molecule has 1 rings (SSSR count). The molecule has 1 aliphatic rings. The molecule has 0 aromatic carbocycles. The summed E-state index contributed by atoms with van der Waals surface area (Å²) in [5.74, 6) is -9.15. The normalized spacial score (nSPS) is 27.1. The van der Waals surface area contributed by atoms with Crippen LogP contribution < -0.4 is 17.2 Å². The first-order valence-electron chi connectivity index (χ1n) is 5.77. The quantitative estimate of drug-likeness (QED) is 0.366. The fourth-order valence-corrected chi connectivity index (χ4v) is 2.65. The van der Waals surface area contributed by atoms with Crippen molar-refractivity contribution in [3.05, 3.63) is 0 Å². The molecule has 10 heteroatoms. The number of primary amides is 3. The smallest absolute Gasteiger partial charge is 0.253 e. The minimum Gasteiger partial charge on any atom is -0.369 e. The molecule has 110 valence electrons. The van der Waals surface area contributed by atoms with Gasteiger partial charge in [-0.3, -0.25) is 19.2 Å². The third-order valence-corrected chi connectivity index (χ3v) is 3.52. The Labute approximate surface area is 119 Å². The van der Waals surface area contributed by atoms with Crippen LogP contribution in [0.3, 0.4) is 0 Å². The second kappa shape index (κ2) is 5.88. The first-order valence-corrected chi connectivity index (χ1v) is 5.77. The van der Waals surface area contributed by atoms with Gasteiger partial charge >= 0.3 is 0 Å². The molecule has 1 fully saturated rings. The lowest BCUT2D eigenvalue weighted by molar-refractivity contribution is -0.139. The fourth-order valence-electron chi connectivity index (χ4n) is 2.65. The summed E-state index contributed by atoms with van der Waals surface area (Å²) in [7, 11) is 0. The van der Waals surface area contributed by atoms with E-state index in [9.17, 15) is 19.2 Å². The number of hydrogen-bond acceptors (Lipinski definition) is 6. The van der Waals surface area contributed by atoms with Crippen molar-refractivity contribution in [2.24, 2.45) is 40.9 Å². The molecule has 0 bridgehead atoms. The van der Waals surface area contributed by atoms with Gasteiger partial charge in [-0.15, -0.1) is 4.90 Å². The van der Waals surface area contributed by atoms with Crippen LogP contribution in [0.1, 0.15) is 6.42 Å². The topological polar surface area (TPSA) is 197 Å². The Morgan fingerprint density at radius 3 is 1.62 bits per heavy atom. The summed E-state index contributed by atoms with van der Waals surface area (Å²) in [4.78, 5) is 46.5. The van der Waals surface area contributed by atoms with Gasteiger partial charge in [0.15, 0.2) is 0 Å². The van der Waals surface area contributed by atoms with Crippen molar-refractivity contribution in [3.8, 4) is 12.4 Å². The molecule has 0 saturated heterocycles. The highest BCUT2D eigenvalue weighted by molar-refractivity contribution is 5.97. The fraction of sp³-hybridized carbons (Fsp3) is 0.455. The van der Waals surface area contributed by atoms with Gasteiger partial charge < -0.3 is 17.2 Å². The van der Waals surface area contributed by atoms with Crippen molar-refractivity contribution in [2.45, 2.75) is 6.42 Å². The van der Waals surface area contributed by atoms with Crippen LogP contribution in [0.25, 0.3) is 0 Å². The Bertz CT molecular complexity index is 575. The standard InChI is InChI=1S/C11H12N6O4/c12-2-17(3-13)11(21)5-1-4(8(14)18)6(9(15)19)7(5)10(16)20/h4-7H,1H2,(H2,14,18)(H2,15,19)(H2,16,20). The molecule has 4 amide bonds. The third-order valence-electron chi connectivity index (χ3n) is 3.52. The van der Waals surface area contributed by atoms with Crippen LogP contribution in [0, 0.1) is 46.6 Å². The lowest BCUT2D eigenvalue weighted by Crippen LogP contribution is -2.44. The molecule has 6 N–H and O–H groups in total. The van der Waals surface area contributed by atoms with E-state index in [2.05, 4.69) is 0 Å². The minimum atomic E-state index is -1.39. The second-order valence-electron chi connectivity index (χ2n) is 4.58. The first-order chi connectivity index (χ1) is 9.76. The number of nitriles is 2. The summed E-state index contributed by atoms with van der Waals surface area (Å²) in [6.45, 7) is 0. The van der Waals surface area contributed by atoms with Crippen LogP contribution in [0.2, 0.25) is 0 Å². The van der Waals surface area contributed by atoms with Gasteiger partial charge in [0, 0.05) is 0 Å². The predicted octanol–water partition coefficient (Wildman–Crippen LogP) is -2.90. The molecule has 10 nitrogen and oxygen atoms in total. The highest BCUT2D eigenvalue weighted by atomic mass is 16.2. The number of nitrogens with two attached hydrogens (primary N) is 3. The van der Waals surface area contributed by atoms with Crippen molar-refractivity contribution in [1.82, 2.24) is 4.90 Å². The van der Waals surface area contributed by atoms with Crippen LogP contribution in [0.5, 0.6) is 0 Å². The predicted molar refractivity (Wildman–Crippen MR) is 64.2 cm³/mol. The zero-order chi connectivity index (χ0) is 16.3. The summed E-state index contributed by atoms with van der Waals surface area (Å²) in [6.07, 6.45) is 2.35. The van der Waals surface area contributed by atoms with Crippen LogP contribution in [0.15, 0.2) is 0 Å². The molecule has 4 atom stereocenters. The first kappa shape index (κ1) is 15.9. The van der Waals surface area contributed by atoms with E-state index in [1.165, 1.54) is 12.4 Å². The number of carbonyl (C=O) groups is 4. The molecule has 4 unspecified atom stereocenters. The maximum absolute atomic E-state index is 12.0. The number of nitrogens with zero attached hydrogens (tertiary/aromatic N) is 3. The summed E-state index contributed by atoms with van der Waals surface area (Å²) >= 11 is 0. The molecule has 0 heterocycles. The molecular weight excluding hydrogens is 280 g/mol. The zero-order valence-electron chi connectivity index (χ0n) is 10.7. The summed E-state index contributed by atoms with van der Waals surface area (Å²) < 4.78 is 0. The van der Waals surface area contributed by atoms with Gasteiger partial charge in [-0.05, 0) is 6.42 Å². The lowest BCUT2D eigenvalue weighted by atomic mass is 9.85. The van der Waals surface area contributed by atoms with E-state index in [1.54, 1.807) is 0 Å². The van der Waals surface area contributed by atoms with E-state index in [1.807, 2.05) is 0 Å². The van der Waals surface area contributed by atoms with Gasteiger partial charge in [0.25, 0.3) is 5.91 Å². The maximum atomic E-state index is 12.0. The van der Waals surface area contributed by atoms with E-state index in [0.717, 1.165) is 0 Å². The molecule has 1 aliphatic carbocycles. The summed E-state index contributed by atoms with van der Waals surface area (Å²) in [5, 5.41) is 17.3. The average Bonchev–Trinajstić information content (AvgIpc) is 2.80. The van der Waals surface area contributed by atoms with Crippen LogP contribution >= 0.6 is 0 Å². The Hall–Kier alpha value is -3.14. The van der Waals surface area contributed by atoms with Gasteiger partial charge in [0.05, 0.1) is 23.7 Å². The van der Waals surface area contributed by atoms with E-state index in [-0.39, 0.29) is 11.3 Å². The Balaban J connectivity index is 3.27. The molecule has 0 spiro atoms. The number of amides is 4. The highest BCUT2D eigenvalue weighted by Crippen LogP contribution is 2.42. The molecule has 1 saturated carbocycles. The highest BCUT2D eigenvalue weighted by Gasteiger charge is 2.54. The Kier molecular flexibility index (Phi) is 4.46. The molecule has 0 aromatic rings. The van der Waals surface area contributed by atoms with Crippen LogP contribution in [-0.2, 0) is 19.2 Å². The molecule has 21 heavy (non-hydrogen) atoms. The third kappa shape index (κ3) is 2.74. The largest absolute Gasteiger partial charge is 0.369 e. The van der Waals surface area contributed by atoms with Gasteiger partial charge in [-0.2, -0.15) is 10.5 Å². The number of hydrogen-bond donors (Lipinski definition) is 3. The zero-order valence-corrected chi connectivity index (χ0v) is 10.7. The van der Waals surface area contributed by atoms with E-state index >= 15 is 0 Å². The summed E-state index contributed by atoms with van der Waals surface area (Å²) in [6, 6.07) is 0. The van der Waals surface area contributed by atoms with Crippen molar-refractivity contribution in [2.75, 3.05) is 0 Å². The van der Waals surface area contributed by atoms with Crippen molar-refractivity contribution in [1.29, 1.82) is 10.5 Å². The van der Waals surface area contributed by atoms with Crippen LogP contribution in [-0.4, -0.2) is 28.5 Å². The molecule has 0 aromatic heterocycles. The molecular formula is C11H12N6O4. The maximum Gasteiger partial charge on any atom is 0.253 e. The molecule has 0 radical (unpaired) electrons. The lowest BCUT2D eigenvalue weighted by Gasteiger charge is -2.20. The second-order valence-corrected chi connectivity index (χ2v) is 4.58. The van der Waals surface area contributed by atoms with Gasteiger partial charge in [0.2, 0.25) is 30.1 Å². The SMILES string of the molecule is N#CN(C#N)C(=O)C1CC(C(N)=O)C(C(N)=O)C1C(N)=O. The minimum absolute atomic E-state index is 0.141. The van der Waals surface area contributed by atoms with Gasteiger partial charge in [-0.1, -0.05) is 0 Å². The number of rotatable bonds is 4. The Morgan fingerprint density at radius 2 is 1.29 bits per heavy atom. The summed E-state index contributed by atoms with van der Waals surface area (Å²) in [5.41, 5.74) is 15.5. The van der Waals surface area contributed by atoms with Crippen molar-refractivity contribution < 1.29 is 19.2 Å². The van der Waals surface area contributed by atoms with E-state index < -0.39 is 47.3 Å². The van der Waals surface area contributed by atoms with Gasteiger partial charge in [-0.25, -0.2) is 0 Å². The molecule has 0 aliphatic heterocycles.